The largest absolute Gasteiger partial charge is 0.488 e. The number of hydrogen-bond donors (Lipinski definition) is 5. The van der Waals surface area contributed by atoms with Crippen LogP contribution >= 0.6 is 0 Å². The predicted octanol–water partition coefficient (Wildman–Crippen LogP) is -0.0643. The molecule has 2 aliphatic heterocycles. The van der Waals surface area contributed by atoms with Crippen molar-refractivity contribution in [2.75, 3.05) is 19.8 Å². The van der Waals surface area contributed by atoms with Gasteiger partial charge in [0.05, 0.1) is 31.5 Å². The minimum Gasteiger partial charge on any atom is -0.488 e. The van der Waals surface area contributed by atoms with Gasteiger partial charge in [-0.1, -0.05) is 18.2 Å². The van der Waals surface area contributed by atoms with E-state index < -0.39 is 36.8 Å². The van der Waals surface area contributed by atoms with Crippen molar-refractivity contribution < 1.29 is 39.7 Å². The second-order valence-corrected chi connectivity index (χ2v) is 8.37. The summed E-state index contributed by atoms with van der Waals surface area (Å²) in [6.07, 6.45) is -5.24. The molecule has 0 aliphatic carbocycles. The third kappa shape index (κ3) is 4.74. The second-order valence-electron chi connectivity index (χ2n) is 8.37. The van der Waals surface area contributed by atoms with Crippen LogP contribution in [0.4, 0.5) is 0 Å². The lowest BCUT2D eigenvalue weighted by Gasteiger charge is -2.45. The van der Waals surface area contributed by atoms with Crippen LogP contribution in [0.2, 0.25) is 0 Å². The summed E-state index contributed by atoms with van der Waals surface area (Å²) < 4.78 is 16.6. The molecule has 6 atom stereocenters. The van der Waals surface area contributed by atoms with Gasteiger partial charge in [0.15, 0.2) is 0 Å². The average Bonchev–Trinajstić information content (AvgIpc) is 3.34. The van der Waals surface area contributed by atoms with E-state index in [1.54, 1.807) is 0 Å². The van der Waals surface area contributed by atoms with Crippen LogP contribution in [0, 0.1) is 11.3 Å². The third-order valence-corrected chi connectivity index (χ3v) is 6.11. The standard InChI is InChI=1S/C24H27NO8/c25-11-15-3-4-17(24(30)23(29)22(28)21(27)20(12-26)33-24)10-16(15)9-14-1-5-18(6-2-14)32-19-7-8-31-13-19/h1-6,10,19-23,26-30H,7-9,12-13H2/t19-,20-,21-,22+,23-,24-/m1/s1. The fraction of sp³-hybridized carbons (Fsp3) is 0.458. The number of nitriles is 1. The minimum absolute atomic E-state index is 0.0389. The summed E-state index contributed by atoms with van der Waals surface area (Å²) in [7, 11) is 0. The molecule has 2 aliphatic rings. The fourth-order valence-electron chi connectivity index (χ4n) is 4.17. The van der Waals surface area contributed by atoms with E-state index in [-0.39, 0.29) is 11.7 Å². The van der Waals surface area contributed by atoms with Crippen molar-refractivity contribution in [2.24, 2.45) is 0 Å². The number of nitrogens with zero attached hydrogens (tertiary/aromatic N) is 1. The van der Waals surface area contributed by atoms with E-state index in [9.17, 15) is 30.8 Å². The highest BCUT2D eigenvalue weighted by atomic mass is 16.7. The first-order chi connectivity index (χ1) is 15.9. The normalized spacial score (nSPS) is 31.8. The third-order valence-electron chi connectivity index (χ3n) is 6.11. The van der Waals surface area contributed by atoms with Gasteiger partial charge in [-0.05, 0) is 41.8 Å². The van der Waals surface area contributed by atoms with Crippen molar-refractivity contribution in [3.05, 3.63) is 64.7 Å². The molecule has 0 spiro atoms. The van der Waals surface area contributed by atoms with Gasteiger partial charge in [-0.3, -0.25) is 0 Å². The van der Waals surface area contributed by atoms with Gasteiger partial charge in [0, 0.05) is 12.0 Å². The zero-order valence-corrected chi connectivity index (χ0v) is 17.9. The average molecular weight is 457 g/mol. The lowest BCUT2D eigenvalue weighted by atomic mass is 9.86. The molecule has 2 aromatic carbocycles. The molecule has 33 heavy (non-hydrogen) atoms. The van der Waals surface area contributed by atoms with Gasteiger partial charge in [0.25, 0.3) is 0 Å². The van der Waals surface area contributed by atoms with Crippen LogP contribution in [0.3, 0.4) is 0 Å². The van der Waals surface area contributed by atoms with Gasteiger partial charge in [0.1, 0.15) is 36.3 Å². The van der Waals surface area contributed by atoms with Gasteiger partial charge in [-0.25, -0.2) is 0 Å². The molecule has 0 amide bonds. The molecule has 0 bridgehead atoms. The van der Waals surface area contributed by atoms with E-state index in [4.69, 9.17) is 14.2 Å². The Balaban J connectivity index is 1.57. The zero-order valence-electron chi connectivity index (χ0n) is 17.9. The highest BCUT2D eigenvalue weighted by Gasteiger charge is 2.53. The smallest absolute Gasteiger partial charge is 0.222 e. The lowest BCUT2D eigenvalue weighted by Crippen LogP contribution is -2.63. The van der Waals surface area contributed by atoms with E-state index in [0.717, 1.165) is 17.7 Å². The maximum absolute atomic E-state index is 11.1. The van der Waals surface area contributed by atoms with Crippen LogP contribution in [-0.4, -0.2) is 75.9 Å². The first-order valence-electron chi connectivity index (χ1n) is 10.8. The number of aliphatic hydroxyl groups excluding tert-OH is 4. The number of ether oxygens (including phenoxy) is 3. The van der Waals surface area contributed by atoms with Crippen LogP contribution in [0.25, 0.3) is 0 Å². The van der Waals surface area contributed by atoms with Crippen LogP contribution in [0.5, 0.6) is 5.75 Å². The molecule has 0 unspecified atom stereocenters. The molecule has 5 N–H and O–H groups in total. The van der Waals surface area contributed by atoms with Crippen molar-refractivity contribution in [1.29, 1.82) is 5.26 Å². The second kappa shape index (κ2) is 9.75. The van der Waals surface area contributed by atoms with Gasteiger partial charge in [0.2, 0.25) is 5.79 Å². The van der Waals surface area contributed by atoms with E-state index >= 15 is 0 Å². The van der Waals surface area contributed by atoms with Crippen LogP contribution in [0.15, 0.2) is 42.5 Å². The lowest BCUT2D eigenvalue weighted by molar-refractivity contribution is -0.357. The molecule has 0 aromatic heterocycles. The maximum atomic E-state index is 11.1. The number of rotatable bonds is 6. The topological polar surface area (TPSA) is 153 Å². The van der Waals surface area contributed by atoms with Gasteiger partial charge in [-0.15, -0.1) is 0 Å². The number of hydrogen-bond acceptors (Lipinski definition) is 9. The monoisotopic (exact) mass is 457 g/mol. The Bertz CT molecular complexity index is 999. The van der Waals surface area contributed by atoms with E-state index in [0.29, 0.717) is 30.8 Å². The van der Waals surface area contributed by atoms with Gasteiger partial charge < -0.3 is 39.7 Å². The molecule has 2 heterocycles. The van der Waals surface area contributed by atoms with Crippen LogP contribution in [0.1, 0.15) is 28.7 Å². The summed E-state index contributed by atoms with van der Waals surface area (Å²) in [5, 5.41) is 60.6. The van der Waals surface area contributed by atoms with E-state index in [2.05, 4.69) is 6.07 Å². The van der Waals surface area contributed by atoms with E-state index in [1.165, 1.54) is 18.2 Å². The van der Waals surface area contributed by atoms with Gasteiger partial charge >= 0.3 is 0 Å². The molecule has 9 heteroatoms. The van der Waals surface area contributed by atoms with Gasteiger partial charge in [-0.2, -0.15) is 5.26 Å². The zero-order chi connectivity index (χ0) is 23.6. The van der Waals surface area contributed by atoms with Crippen molar-refractivity contribution in [1.82, 2.24) is 0 Å². The van der Waals surface area contributed by atoms with Crippen LogP contribution in [-0.2, 0) is 21.7 Å². The molecule has 0 saturated carbocycles. The summed E-state index contributed by atoms with van der Waals surface area (Å²) in [4.78, 5) is 0. The molecule has 176 valence electrons. The minimum atomic E-state index is -2.38. The van der Waals surface area contributed by atoms with Crippen molar-refractivity contribution in [3.63, 3.8) is 0 Å². The Morgan fingerprint density at radius 3 is 2.48 bits per heavy atom. The van der Waals surface area contributed by atoms with E-state index in [1.807, 2.05) is 24.3 Å². The maximum Gasteiger partial charge on any atom is 0.222 e. The molecular weight excluding hydrogens is 430 g/mol. The Kier molecular flexibility index (Phi) is 6.97. The Hall–Kier alpha value is -2.55. The highest BCUT2D eigenvalue weighted by Crippen LogP contribution is 2.37. The molecule has 2 aromatic rings. The first kappa shape index (κ1) is 23.6. The van der Waals surface area contributed by atoms with Crippen molar-refractivity contribution >= 4 is 0 Å². The molecule has 2 saturated heterocycles. The fourth-order valence-corrected chi connectivity index (χ4v) is 4.17. The quantitative estimate of drug-likeness (QED) is 0.401. The Morgan fingerprint density at radius 2 is 1.85 bits per heavy atom. The molecule has 2 fully saturated rings. The van der Waals surface area contributed by atoms with Crippen molar-refractivity contribution in [2.45, 2.75) is 49.1 Å². The summed E-state index contributed by atoms with van der Waals surface area (Å²) in [5.41, 5.74) is 1.92. The summed E-state index contributed by atoms with van der Waals surface area (Å²) in [6, 6.07) is 14.0. The molecule has 9 nitrogen and oxygen atoms in total. The SMILES string of the molecule is N#Cc1ccc([C@@]2(O)O[C@H](CO)[C@@H](O)[C@H](O)[C@H]2O)cc1Cc1ccc(O[C@@H]2CCOC2)cc1. The van der Waals surface area contributed by atoms with Crippen LogP contribution < -0.4 is 4.74 Å². The number of benzene rings is 2. The first-order valence-corrected chi connectivity index (χ1v) is 10.8. The highest BCUT2D eigenvalue weighted by molar-refractivity contribution is 5.45. The Morgan fingerprint density at radius 1 is 1.09 bits per heavy atom. The summed E-state index contributed by atoms with van der Waals surface area (Å²) in [6.45, 7) is 0.591. The molecular formula is C24H27NO8. The van der Waals surface area contributed by atoms with Crippen molar-refractivity contribution in [3.8, 4) is 11.8 Å². The molecule has 4 rings (SSSR count). The summed E-state index contributed by atoms with van der Waals surface area (Å²) in [5.74, 6) is -1.66. The molecule has 0 radical (unpaired) electrons. The Labute approximate surface area is 191 Å². The summed E-state index contributed by atoms with van der Waals surface area (Å²) >= 11 is 0. The predicted molar refractivity (Wildman–Crippen MR) is 114 cm³/mol. The number of aliphatic hydroxyl groups is 5.